The fourth-order valence-electron chi connectivity index (χ4n) is 1.94. The van der Waals surface area contributed by atoms with Crippen molar-refractivity contribution in [2.24, 2.45) is 0 Å². The van der Waals surface area contributed by atoms with Gasteiger partial charge in [0.15, 0.2) is 0 Å². The normalized spacial score (nSPS) is 12.1. The average Bonchev–Trinajstić information content (AvgIpc) is 3.00. The summed E-state index contributed by atoms with van der Waals surface area (Å²) in [7, 11) is 0. The Balaban J connectivity index is 1.91. The van der Waals surface area contributed by atoms with E-state index >= 15 is 0 Å². The number of pyridine rings is 1. The van der Waals surface area contributed by atoms with Crippen molar-refractivity contribution >= 4 is 17.7 Å². The van der Waals surface area contributed by atoms with Gasteiger partial charge in [-0.2, -0.15) is 5.10 Å². The molecule has 0 aliphatic carbocycles. The molecule has 1 N–H and O–H groups in total. The van der Waals surface area contributed by atoms with Gasteiger partial charge >= 0.3 is 0 Å². The highest BCUT2D eigenvalue weighted by molar-refractivity contribution is 7.99. The van der Waals surface area contributed by atoms with Crippen LogP contribution in [-0.2, 0) is 11.3 Å². The maximum atomic E-state index is 12.1. The number of nitrogens with zero attached hydrogens (tertiary/aromatic N) is 4. The van der Waals surface area contributed by atoms with Crippen LogP contribution in [0.4, 0.5) is 0 Å². The summed E-state index contributed by atoms with van der Waals surface area (Å²) in [5.41, 5.74) is 0. The van der Waals surface area contributed by atoms with E-state index in [0.29, 0.717) is 5.75 Å². The number of carbonyl (C=O) groups excluding carboxylic acids is 1. The van der Waals surface area contributed by atoms with E-state index in [1.165, 1.54) is 18.1 Å². The number of aromatic nitrogens is 4. The van der Waals surface area contributed by atoms with Crippen LogP contribution in [0.1, 0.15) is 32.1 Å². The molecule has 2 heterocycles. The molecule has 0 aliphatic heterocycles. The zero-order valence-electron chi connectivity index (χ0n) is 12.2. The predicted molar refractivity (Wildman–Crippen MR) is 81.8 cm³/mol. The molecule has 2 aromatic heterocycles. The van der Waals surface area contributed by atoms with Crippen LogP contribution in [0.15, 0.2) is 35.7 Å². The third-order valence-corrected chi connectivity index (χ3v) is 3.93. The zero-order valence-corrected chi connectivity index (χ0v) is 13.0. The Labute approximate surface area is 128 Å². The van der Waals surface area contributed by atoms with Crippen molar-refractivity contribution in [3.05, 3.63) is 36.5 Å². The van der Waals surface area contributed by atoms with Gasteiger partial charge in [-0.1, -0.05) is 24.8 Å². The molecule has 6 nitrogen and oxygen atoms in total. The minimum absolute atomic E-state index is 0.0249. The van der Waals surface area contributed by atoms with E-state index in [1.807, 2.05) is 32.0 Å². The Hall–Kier alpha value is -1.89. The number of nitrogens with one attached hydrogen (secondary N) is 1. The molecule has 0 saturated heterocycles. The van der Waals surface area contributed by atoms with E-state index in [1.54, 1.807) is 10.9 Å². The van der Waals surface area contributed by atoms with Gasteiger partial charge in [0.05, 0.1) is 16.8 Å². The van der Waals surface area contributed by atoms with Gasteiger partial charge in [0.2, 0.25) is 5.91 Å². The zero-order chi connectivity index (χ0) is 15.1. The topological polar surface area (TPSA) is 72.7 Å². The van der Waals surface area contributed by atoms with Gasteiger partial charge in [0, 0.05) is 12.7 Å². The Morgan fingerprint density at radius 3 is 2.90 bits per heavy atom. The minimum Gasteiger partial charge on any atom is -0.345 e. The summed E-state index contributed by atoms with van der Waals surface area (Å²) in [6, 6.07) is 5.55. The molecule has 1 amide bonds. The van der Waals surface area contributed by atoms with Crippen molar-refractivity contribution in [1.29, 1.82) is 0 Å². The standard InChI is InChI=1S/C14H19N5OS/c1-3-11(14-16-10-17-19(14)4-2)18-12(20)9-21-13-7-5-6-8-15-13/h5-8,10-11H,3-4,9H2,1-2H3,(H,18,20). The van der Waals surface area contributed by atoms with E-state index in [2.05, 4.69) is 20.4 Å². The maximum Gasteiger partial charge on any atom is 0.231 e. The Morgan fingerprint density at radius 1 is 1.38 bits per heavy atom. The number of rotatable bonds is 7. The molecule has 0 spiro atoms. The van der Waals surface area contributed by atoms with Gasteiger partial charge in [0.25, 0.3) is 0 Å². The van der Waals surface area contributed by atoms with Gasteiger partial charge < -0.3 is 5.32 Å². The number of hydrogen-bond acceptors (Lipinski definition) is 5. The smallest absolute Gasteiger partial charge is 0.231 e. The van der Waals surface area contributed by atoms with Gasteiger partial charge in [-0.3, -0.25) is 4.79 Å². The van der Waals surface area contributed by atoms with Crippen molar-refractivity contribution in [3.8, 4) is 0 Å². The average molecular weight is 305 g/mol. The molecule has 1 atom stereocenters. The lowest BCUT2D eigenvalue weighted by molar-refractivity contribution is -0.119. The van der Waals surface area contributed by atoms with Crippen LogP contribution >= 0.6 is 11.8 Å². The second-order valence-electron chi connectivity index (χ2n) is 4.42. The third kappa shape index (κ3) is 4.29. The molecule has 2 rings (SSSR count). The first-order valence-electron chi connectivity index (χ1n) is 6.95. The van der Waals surface area contributed by atoms with Crippen LogP contribution in [-0.4, -0.2) is 31.4 Å². The van der Waals surface area contributed by atoms with Crippen molar-refractivity contribution in [2.75, 3.05) is 5.75 Å². The van der Waals surface area contributed by atoms with Gasteiger partial charge in [-0.05, 0) is 25.5 Å². The predicted octanol–water partition coefficient (Wildman–Crippen LogP) is 2.05. The quantitative estimate of drug-likeness (QED) is 0.793. The molecule has 0 fully saturated rings. The highest BCUT2D eigenvalue weighted by Gasteiger charge is 2.18. The van der Waals surface area contributed by atoms with Crippen LogP contribution in [0.25, 0.3) is 0 Å². The molecule has 0 aliphatic rings. The van der Waals surface area contributed by atoms with E-state index in [9.17, 15) is 4.79 Å². The van der Waals surface area contributed by atoms with Crippen LogP contribution in [0, 0.1) is 0 Å². The van der Waals surface area contributed by atoms with E-state index in [0.717, 1.165) is 23.8 Å². The summed E-state index contributed by atoms with van der Waals surface area (Å²) >= 11 is 1.42. The summed E-state index contributed by atoms with van der Waals surface area (Å²) in [4.78, 5) is 20.5. The monoisotopic (exact) mass is 305 g/mol. The molecule has 0 aromatic carbocycles. The van der Waals surface area contributed by atoms with Crippen LogP contribution in [0.5, 0.6) is 0 Å². The fraction of sp³-hybridized carbons (Fsp3) is 0.429. The number of hydrogen-bond donors (Lipinski definition) is 1. The number of amides is 1. The maximum absolute atomic E-state index is 12.1. The molecule has 21 heavy (non-hydrogen) atoms. The van der Waals surface area contributed by atoms with Crippen molar-refractivity contribution < 1.29 is 4.79 Å². The van der Waals surface area contributed by atoms with Crippen LogP contribution in [0.3, 0.4) is 0 Å². The lowest BCUT2D eigenvalue weighted by Gasteiger charge is -2.16. The number of carbonyl (C=O) groups is 1. The number of thioether (sulfide) groups is 1. The van der Waals surface area contributed by atoms with Gasteiger partial charge in [-0.15, -0.1) is 0 Å². The summed E-state index contributed by atoms with van der Waals surface area (Å²) in [6.07, 6.45) is 4.02. The third-order valence-electron chi connectivity index (χ3n) is 2.99. The molecule has 0 bridgehead atoms. The van der Waals surface area contributed by atoms with Crippen LogP contribution in [0.2, 0.25) is 0 Å². The van der Waals surface area contributed by atoms with Crippen molar-refractivity contribution in [2.45, 2.75) is 37.9 Å². The summed E-state index contributed by atoms with van der Waals surface area (Å²) in [5.74, 6) is 1.12. The lowest BCUT2D eigenvalue weighted by Crippen LogP contribution is -2.31. The molecule has 112 valence electrons. The van der Waals surface area contributed by atoms with Gasteiger partial charge in [0.1, 0.15) is 12.2 Å². The molecular weight excluding hydrogens is 286 g/mol. The summed E-state index contributed by atoms with van der Waals surface area (Å²) in [6.45, 7) is 4.76. The fourth-order valence-corrected chi connectivity index (χ4v) is 2.62. The SMILES string of the molecule is CCC(NC(=O)CSc1ccccn1)c1ncnn1CC. The second kappa shape index (κ2) is 7.78. The van der Waals surface area contributed by atoms with E-state index in [4.69, 9.17) is 0 Å². The van der Waals surface area contributed by atoms with Crippen LogP contribution < -0.4 is 5.32 Å². The van der Waals surface area contributed by atoms with Crippen molar-refractivity contribution in [1.82, 2.24) is 25.1 Å². The van der Waals surface area contributed by atoms with E-state index < -0.39 is 0 Å². The molecule has 2 aromatic rings. The Kier molecular flexibility index (Phi) is 5.74. The largest absolute Gasteiger partial charge is 0.345 e. The first-order chi connectivity index (χ1) is 10.2. The molecule has 0 saturated carbocycles. The second-order valence-corrected chi connectivity index (χ2v) is 5.41. The Bertz CT molecular complexity index is 572. The Morgan fingerprint density at radius 2 is 2.24 bits per heavy atom. The summed E-state index contributed by atoms with van der Waals surface area (Å²) < 4.78 is 1.81. The molecule has 0 radical (unpaired) electrons. The van der Waals surface area contributed by atoms with E-state index in [-0.39, 0.29) is 11.9 Å². The molecule has 1 unspecified atom stereocenters. The first-order valence-corrected chi connectivity index (χ1v) is 7.94. The van der Waals surface area contributed by atoms with Gasteiger partial charge in [-0.25, -0.2) is 14.6 Å². The first kappa shape index (κ1) is 15.5. The highest BCUT2D eigenvalue weighted by atomic mass is 32.2. The highest BCUT2D eigenvalue weighted by Crippen LogP contribution is 2.16. The lowest BCUT2D eigenvalue weighted by atomic mass is 10.2. The minimum atomic E-state index is -0.107. The molecule has 7 heteroatoms. The molecular formula is C14H19N5OS. The van der Waals surface area contributed by atoms with Crippen molar-refractivity contribution in [3.63, 3.8) is 0 Å². The number of aryl methyl sites for hydroxylation is 1. The summed E-state index contributed by atoms with van der Waals surface area (Å²) in [5, 5.41) is 7.99.